The van der Waals surface area contributed by atoms with Crippen LogP contribution < -0.4 is 4.90 Å². The minimum atomic E-state index is -0.952. The van der Waals surface area contributed by atoms with Crippen molar-refractivity contribution >= 4 is 39.4 Å². The molecule has 1 N–H and O–H groups in total. The summed E-state index contributed by atoms with van der Waals surface area (Å²) >= 11 is 3.54. The fraction of sp³-hybridized carbons (Fsp3) is 0.423. The number of fused-ring (bicyclic) bond motifs is 2. The Morgan fingerprint density at radius 2 is 1.70 bits per heavy atom. The van der Waals surface area contributed by atoms with Crippen LogP contribution in [0.1, 0.15) is 66.9 Å². The van der Waals surface area contributed by atoms with E-state index in [1.165, 1.54) is 0 Å². The zero-order valence-corrected chi connectivity index (χ0v) is 19.9. The van der Waals surface area contributed by atoms with Gasteiger partial charge in [0.05, 0.1) is 18.0 Å². The number of hydrogen-bond donors (Lipinski definition) is 1. The molecule has 0 bridgehead atoms. The first-order valence-corrected chi connectivity index (χ1v) is 12.5. The molecule has 0 aromatic heterocycles. The van der Waals surface area contributed by atoms with E-state index < -0.39 is 5.97 Å². The molecule has 0 saturated heterocycles. The zero-order chi connectivity index (χ0) is 23.1. The molecule has 33 heavy (non-hydrogen) atoms. The molecule has 2 aliphatic carbocycles. The van der Waals surface area contributed by atoms with Gasteiger partial charge in [-0.2, -0.15) is 0 Å². The summed E-state index contributed by atoms with van der Waals surface area (Å²) in [4.78, 5) is 42.2. The Kier molecular flexibility index (Phi) is 5.99. The second kappa shape index (κ2) is 8.93. The highest BCUT2D eigenvalue weighted by Gasteiger charge is 2.51. The van der Waals surface area contributed by atoms with E-state index >= 15 is 0 Å². The van der Waals surface area contributed by atoms with E-state index in [-0.39, 0.29) is 48.7 Å². The molecule has 3 atom stereocenters. The third kappa shape index (κ3) is 4.07. The molecule has 2 aromatic rings. The van der Waals surface area contributed by atoms with Crippen LogP contribution in [0.4, 0.5) is 5.69 Å². The smallest absolute Gasteiger partial charge is 0.303 e. The maximum atomic E-state index is 13.8. The molecule has 6 nitrogen and oxygen atoms in total. The molecular formula is C26H27BrN2O4. The number of para-hydroxylation sites is 1. The molecule has 7 heteroatoms. The number of rotatable bonds is 6. The molecule has 2 saturated carbocycles. The van der Waals surface area contributed by atoms with Crippen LogP contribution in [0, 0.1) is 5.92 Å². The van der Waals surface area contributed by atoms with Gasteiger partial charge < -0.3 is 14.9 Å². The van der Waals surface area contributed by atoms with Gasteiger partial charge in [-0.3, -0.25) is 14.4 Å². The number of aliphatic carboxylic acids is 1. The highest BCUT2D eigenvalue weighted by Crippen LogP contribution is 2.53. The average molecular weight is 511 g/mol. The topological polar surface area (TPSA) is 77.9 Å². The number of hydrogen-bond acceptors (Lipinski definition) is 3. The summed E-state index contributed by atoms with van der Waals surface area (Å²) in [6.07, 6.45) is 4.61. The molecular weight excluding hydrogens is 484 g/mol. The third-order valence-electron chi connectivity index (χ3n) is 7.19. The Hall–Kier alpha value is -2.67. The molecule has 0 radical (unpaired) electrons. The number of amides is 2. The predicted octanol–water partition coefficient (Wildman–Crippen LogP) is 5.18. The van der Waals surface area contributed by atoms with Gasteiger partial charge in [0.25, 0.3) is 5.91 Å². The van der Waals surface area contributed by atoms with Crippen molar-refractivity contribution in [1.82, 2.24) is 4.90 Å². The van der Waals surface area contributed by atoms with Crippen molar-refractivity contribution in [3.63, 3.8) is 0 Å². The maximum Gasteiger partial charge on any atom is 0.303 e. The summed E-state index contributed by atoms with van der Waals surface area (Å²) < 4.78 is 0.771. The van der Waals surface area contributed by atoms with Crippen LogP contribution in [0.3, 0.4) is 0 Å². The van der Waals surface area contributed by atoms with Gasteiger partial charge >= 0.3 is 5.97 Å². The van der Waals surface area contributed by atoms with E-state index in [1.54, 1.807) is 0 Å². The number of carbonyl (C=O) groups is 3. The average Bonchev–Trinajstić information content (AvgIpc) is 3.53. The highest BCUT2D eigenvalue weighted by molar-refractivity contribution is 9.10. The lowest BCUT2D eigenvalue weighted by atomic mass is 9.81. The normalized spacial score (nSPS) is 23.5. The number of nitrogens with zero attached hydrogens (tertiary/aromatic N) is 2. The summed E-state index contributed by atoms with van der Waals surface area (Å²) in [6.45, 7) is 0. The summed E-state index contributed by atoms with van der Waals surface area (Å²) in [7, 11) is 0. The SMILES string of the molecule is O=C(O)CCC(=O)N(C1CC1)C1c2ccccc2N(C(=O)c2ccccc2Br)C2CCCC21. The quantitative estimate of drug-likeness (QED) is 0.580. The Bertz CT molecular complexity index is 1100. The summed E-state index contributed by atoms with van der Waals surface area (Å²) in [5.41, 5.74) is 2.49. The van der Waals surface area contributed by atoms with Gasteiger partial charge in [0.2, 0.25) is 5.91 Å². The fourth-order valence-corrected chi connectivity index (χ4v) is 6.14. The van der Waals surface area contributed by atoms with Gasteiger partial charge in [0.1, 0.15) is 0 Å². The van der Waals surface area contributed by atoms with Crippen molar-refractivity contribution in [1.29, 1.82) is 0 Å². The van der Waals surface area contributed by atoms with Crippen LogP contribution >= 0.6 is 15.9 Å². The van der Waals surface area contributed by atoms with E-state index in [2.05, 4.69) is 15.9 Å². The van der Waals surface area contributed by atoms with Gasteiger partial charge in [-0.1, -0.05) is 36.8 Å². The van der Waals surface area contributed by atoms with Crippen LogP contribution in [-0.4, -0.2) is 39.9 Å². The Morgan fingerprint density at radius 1 is 0.970 bits per heavy atom. The number of anilines is 1. The first kappa shape index (κ1) is 22.1. The van der Waals surface area contributed by atoms with Gasteiger partial charge in [0.15, 0.2) is 0 Å². The number of halogens is 1. The van der Waals surface area contributed by atoms with Crippen molar-refractivity contribution in [2.75, 3.05) is 4.90 Å². The van der Waals surface area contributed by atoms with Crippen molar-refractivity contribution < 1.29 is 19.5 Å². The van der Waals surface area contributed by atoms with Crippen LogP contribution in [-0.2, 0) is 9.59 Å². The second-order valence-corrected chi connectivity index (χ2v) is 10.1. The van der Waals surface area contributed by atoms with Crippen LogP contribution in [0.15, 0.2) is 53.0 Å². The van der Waals surface area contributed by atoms with Gasteiger partial charge in [-0.25, -0.2) is 0 Å². The van der Waals surface area contributed by atoms with E-state index in [1.807, 2.05) is 58.3 Å². The number of benzene rings is 2. The Morgan fingerprint density at radius 3 is 2.42 bits per heavy atom. The Balaban J connectivity index is 1.57. The lowest BCUT2D eigenvalue weighted by molar-refractivity contribution is -0.142. The molecule has 5 rings (SSSR count). The summed E-state index contributed by atoms with van der Waals surface area (Å²) in [6, 6.07) is 15.5. The number of carboxylic acids is 1. The lowest BCUT2D eigenvalue weighted by Gasteiger charge is -2.48. The molecule has 3 unspecified atom stereocenters. The van der Waals surface area contributed by atoms with Crippen molar-refractivity contribution in [3.05, 3.63) is 64.1 Å². The highest BCUT2D eigenvalue weighted by atomic mass is 79.9. The first-order valence-electron chi connectivity index (χ1n) is 11.7. The van der Waals surface area contributed by atoms with Gasteiger partial charge in [-0.15, -0.1) is 0 Å². The molecule has 1 heterocycles. The monoisotopic (exact) mass is 510 g/mol. The molecule has 2 fully saturated rings. The molecule has 2 aromatic carbocycles. The standard InChI is InChI=1S/C26H27BrN2O4/c27-20-9-3-1-6-17(20)26(33)29-21-10-4-2-7-18(21)25(19-8-5-11-22(19)29)28(16-12-13-16)23(30)14-15-24(31)32/h1-4,6-7,9-10,16,19,22,25H,5,8,11-15H2,(H,31,32). The largest absolute Gasteiger partial charge is 0.481 e. The zero-order valence-electron chi connectivity index (χ0n) is 18.3. The minimum Gasteiger partial charge on any atom is -0.481 e. The van der Waals surface area contributed by atoms with Crippen LogP contribution in [0.25, 0.3) is 0 Å². The molecule has 0 spiro atoms. The van der Waals surface area contributed by atoms with Gasteiger partial charge in [0, 0.05) is 34.6 Å². The molecule has 3 aliphatic rings. The van der Waals surface area contributed by atoms with E-state index in [9.17, 15) is 14.4 Å². The van der Waals surface area contributed by atoms with Crippen molar-refractivity contribution in [3.8, 4) is 0 Å². The molecule has 1 aliphatic heterocycles. The van der Waals surface area contributed by atoms with E-state index in [0.717, 1.165) is 47.8 Å². The molecule has 172 valence electrons. The van der Waals surface area contributed by atoms with E-state index in [4.69, 9.17) is 5.11 Å². The fourth-order valence-electron chi connectivity index (χ4n) is 5.69. The van der Waals surface area contributed by atoms with Crippen LogP contribution in [0.5, 0.6) is 0 Å². The molecule has 2 amide bonds. The number of carbonyl (C=O) groups excluding carboxylic acids is 2. The Labute approximate surface area is 201 Å². The minimum absolute atomic E-state index is 0.0121. The first-order chi connectivity index (χ1) is 16.0. The summed E-state index contributed by atoms with van der Waals surface area (Å²) in [5, 5.41) is 9.12. The second-order valence-electron chi connectivity index (χ2n) is 9.25. The lowest BCUT2D eigenvalue weighted by Crippen LogP contribution is -2.53. The predicted molar refractivity (Wildman–Crippen MR) is 128 cm³/mol. The maximum absolute atomic E-state index is 13.8. The summed E-state index contributed by atoms with van der Waals surface area (Å²) in [5.74, 6) is -0.927. The third-order valence-corrected chi connectivity index (χ3v) is 7.88. The van der Waals surface area contributed by atoms with Crippen LogP contribution in [0.2, 0.25) is 0 Å². The number of carboxylic acid groups (broad SMARTS) is 1. The van der Waals surface area contributed by atoms with E-state index in [0.29, 0.717) is 5.56 Å². The van der Waals surface area contributed by atoms with Crippen molar-refractivity contribution in [2.45, 2.75) is 63.1 Å². The van der Waals surface area contributed by atoms with Crippen molar-refractivity contribution in [2.24, 2.45) is 5.92 Å². The van der Waals surface area contributed by atoms with Gasteiger partial charge in [-0.05, 0) is 65.4 Å².